The van der Waals surface area contributed by atoms with E-state index in [1.165, 1.54) is 0 Å². The van der Waals surface area contributed by atoms with Crippen molar-refractivity contribution in [3.05, 3.63) is 23.0 Å². The molecule has 0 saturated heterocycles. The number of nitrogens with one attached hydrogen (secondary N) is 1. The number of aliphatic hydroxyl groups excluding tert-OH is 1. The quantitative estimate of drug-likeness (QED) is 0.717. The highest BCUT2D eigenvalue weighted by molar-refractivity contribution is 7.89. The summed E-state index contributed by atoms with van der Waals surface area (Å²) < 4.78 is 40.5. The van der Waals surface area contributed by atoms with Crippen LogP contribution < -0.4 is 10.5 Å². The van der Waals surface area contributed by atoms with Crippen molar-refractivity contribution in [1.29, 1.82) is 0 Å². The zero-order valence-corrected chi connectivity index (χ0v) is 13.7. The summed E-state index contributed by atoms with van der Waals surface area (Å²) in [5.74, 6) is -0.776. The molecule has 0 spiro atoms. The van der Waals surface area contributed by atoms with E-state index < -0.39 is 27.3 Å². The molecule has 0 heterocycles. The zero-order chi connectivity index (χ0) is 16.4. The van der Waals surface area contributed by atoms with E-state index in [-0.39, 0.29) is 28.6 Å². The Hall–Kier alpha value is -0.890. The van der Waals surface area contributed by atoms with Gasteiger partial charge in [-0.05, 0) is 24.0 Å². The lowest BCUT2D eigenvalue weighted by Crippen LogP contribution is -2.44. The average Bonchev–Trinajstić information content (AvgIpc) is 2.31. The monoisotopic (exact) mass is 338 g/mol. The van der Waals surface area contributed by atoms with Gasteiger partial charge in [0.1, 0.15) is 10.7 Å². The minimum atomic E-state index is -3.97. The molecule has 8 heteroatoms. The average molecular weight is 339 g/mol. The molecular formula is C13H20ClFN2O3S. The molecule has 21 heavy (non-hydrogen) atoms. The lowest BCUT2D eigenvalue weighted by molar-refractivity contribution is 0.214. The molecule has 0 aromatic heterocycles. The molecular weight excluding hydrogens is 319 g/mol. The molecule has 0 aliphatic rings. The lowest BCUT2D eigenvalue weighted by Gasteiger charge is -2.31. The SMILES string of the molecule is CC(C)(C)C(CCO)NS(=O)(=O)c1cc(N)c(F)cc1Cl. The predicted octanol–water partition coefficient (Wildman–Crippen LogP) is 2.14. The summed E-state index contributed by atoms with van der Waals surface area (Å²) in [6, 6.07) is 1.34. The highest BCUT2D eigenvalue weighted by Gasteiger charge is 2.30. The van der Waals surface area contributed by atoms with Crippen LogP contribution in [0, 0.1) is 11.2 Å². The Morgan fingerprint density at radius 1 is 1.43 bits per heavy atom. The number of anilines is 1. The van der Waals surface area contributed by atoms with Crippen molar-refractivity contribution in [2.75, 3.05) is 12.3 Å². The van der Waals surface area contributed by atoms with E-state index in [1.54, 1.807) is 0 Å². The molecule has 0 aliphatic heterocycles. The molecule has 1 aromatic rings. The first-order valence-electron chi connectivity index (χ1n) is 6.36. The second-order valence-electron chi connectivity index (χ2n) is 5.86. The number of aliphatic hydroxyl groups is 1. The molecule has 0 saturated carbocycles. The maximum atomic E-state index is 13.3. The van der Waals surface area contributed by atoms with E-state index in [1.807, 2.05) is 20.8 Å². The predicted molar refractivity (Wildman–Crippen MR) is 81.1 cm³/mol. The number of nitrogens with two attached hydrogens (primary N) is 1. The second kappa shape index (κ2) is 6.48. The van der Waals surface area contributed by atoms with Gasteiger partial charge in [0.25, 0.3) is 0 Å². The summed E-state index contributed by atoms with van der Waals surface area (Å²) in [7, 11) is -3.97. The number of halogens is 2. The van der Waals surface area contributed by atoms with Crippen LogP contribution in [0.3, 0.4) is 0 Å². The highest BCUT2D eigenvalue weighted by atomic mass is 35.5. The highest BCUT2D eigenvalue weighted by Crippen LogP contribution is 2.29. The van der Waals surface area contributed by atoms with Crippen LogP contribution in [0.25, 0.3) is 0 Å². The van der Waals surface area contributed by atoms with Crippen molar-refractivity contribution in [1.82, 2.24) is 4.72 Å². The Kier molecular flexibility index (Phi) is 5.60. The fourth-order valence-corrected chi connectivity index (χ4v) is 3.83. The number of nitrogen functional groups attached to an aromatic ring is 1. The molecule has 5 nitrogen and oxygen atoms in total. The van der Waals surface area contributed by atoms with Crippen LogP contribution in [0.2, 0.25) is 5.02 Å². The molecule has 1 unspecified atom stereocenters. The van der Waals surface area contributed by atoms with Crippen molar-refractivity contribution < 1.29 is 17.9 Å². The van der Waals surface area contributed by atoms with E-state index in [0.717, 1.165) is 12.1 Å². The van der Waals surface area contributed by atoms with Gasteiger partial charge in [0.15, 0.2) is 0 Å². The molecule has 0 bridgehead atoms. The van der Waals surface area contributed by atoms with Gasteiger partial charge in [-0.1, -0.05) is 32.4 Å². The Morgan fingerprint density at radius 3 is 2.48 bits per heavy atom. The number of rotatable bonds is 5. The Bertz CT molecular complexity index is 615. The molecule has 1 aromatic carbocycles. The van der Waals surface area contributed by atoms with Gasteiger partial charge < -0.3 is 10.8 Å². The summed E-state index contributed by atoms with van der Waals surface area (Å²) in [6.45, 7) is 5.37. The largest absolute Gasteiger partial charge is 0.396 e. The summed E-state index contributed by atoms with van der Waals surface area (Å²) >= 11 is 5.80. The van der Waals surface area contributed by atoms with E-state index in [9.17, 15) is 12.8 Å². The first-order chi connectivity index (χ1) is 9.49. The van der Waals surface area contributed by atoms with Crippen LogP contribution >= 0.6 is 11.6 Å². The van der Waals surface area contributed by atoms with Gasteiger partial charge in [0, 0.05) is 12.6 Å². The van der Waals surface area contributed by atoms with Crippen LogP contribution in [0.15, 0.2) is 17.0 Å². The summed E-state index contributed by atoms with van der Waals surface area (Å²) in [6.07, 6.45) is 0.247. The Balaban J connectivity index is 3.20. The molecule has 4 N–H and O–H groups in total. The minimum Gasteiger partial charge on any atom is -0.396 e. The first kappa shape index (κ1) is 18.2. The molecule has 0 fully saturated rings. The third kappa shape index (κ3) is 4.54. The number of hydrogen-bond acceptors (Lipinski definition) is 4. The van der Waals surface area contributed by atoms with Crippen LogP contribution in [-0.4, -0.2) is 26.2 Å². The molecule has 0 radical (unpaired) electrons. The molecule has 1 atom stereocenters. The van der Waals surface area contributed by atoms with Crippen molar-refractivity contribution in [3.63, 3.8) is 0 Å². The topological polar surface area (TPSA) is 92.4 Å². The fourth-order valence-electron chi connectivity index (χ4n) is 1.80. The summed E-state index contributed by atoms with van der Waals surface area (Å²) in [5.41, 5.74) is 4.69. The van der Waals surface area contributed by atoms with Gasteiger partial charge in [-0.25, -0.2) is 17.5 Å². The molecule has 120 valence electrons. The van der Waals surface area contributed by atoms with Gasteiger partial charge in [-0.3, -0.25) is 0 Å². The van der Waals surface area contributed by atoms with Gasteiger partial charge in [-0.15, -0.1) is 0 Å². The van der Waals surface area contributed by atoms with Crippen LogP contribution in [-0.2, 0) is 10.0 Å². The third-order valence-corrected chi connectivity index (χ3v) is 5.04. The maximum absolute atomic E-state index is 13.3. The summed E-state index contributed by atoms with van der Waals surface area (Å²) in [4.78, 5) is -0.282. The van der Waals surface area contributed by atoms with Gasteiger partial charge in [0.05, 0.1) is 10.7 Å². The zero-order valence-electron chi connectivity index (χ0n) is 12.2. The molecule has 1 rings (SSSR count). The van der Waals surface area contributed by atoms with Crippen molar-refractivity contribution in [3.8, 4) is 0 Å². The smallest absolute Gasteiger partial charge is 0.242 e. The maximum Gasteiger partial charge on any atom is 0.242 e. The van der Waals surface area contributed by atoms with Crippen molar-refractivity contribution in [2.45, 2.75) is 38.1 Å². The van der Waals surface area contributed by atoms with E-state index in [4.69, 9.17) is 22.4 Å². The Labute approximate surface area is 129 Å². The van der Waals surface area contributed by atoms with E-state index in [2.05, 4.69) is 4.72 Å². The van der Waals surface area contributed by atoms with Crippen LogP contribution in [0.1, 0.15) is 27.2 Å². The first-order valence-corrected chi connectivity index (χ1v) is 8.23. The van der Waals surface area contributed by atoms with Gasteiger partial charge in [-0.2, -0.15) is 0 Å². The van der Waals surface area contributed by atoms with E-state index in [0.29, 0.717) is 0 Å². The van der Waals surface area contributed by atoms with E-state index >= 15 is 0 Å². The molecule has 0 amide bonds. The number of sulfonamides is 1. The number of hydrogen-bond donors (Lipinski definition) is 3. The van der Waals surface area contributed by atoms with Crippen LogP contribution in [0.5, 0.6) is 0 Å². The van der Waals surface area contributed by atoms with Crippen LogP contribution in [0.4, 0.5) is 10.1 Å². The fraction of sp³-hybridized carbons (Fsp3) is 0.538. The summed E-state index contributed by atoms with van der Waals surface area (Å²) in [5, 5.41) is 8.83. The third-order valence-electron chi connectivity index (χ3n) is 3.10. The van der Waals surface area contributed by atoms with Gasteiger partial charge in [0.2, 0.25) is 10.0 Å². The second-order valence-corrected chi connectivity index (χ2v) is 7.95. The lowest BCUT2D eigenvalue weighted by atomic mass is 9.86. The standard InChI is InChI=1S/C13H20ClFN2O3S/c1-13(2,3)12(4-5-18)17-21(19,20)11-7-10(16)9(15)6-8(11)14/h6-7,12,17-18H,4-5,16H2,1-3H3. The minimum absolute atomic E-state index is 0.163. The molecule has 0 aliphatic carbocycles. The normalized spacial score (nSPS) is 14.2. The Morgan fingerprint density at radius 2 is 2.00 bits per heavy atom. The van der Waals surface area contributed by atoms with Crippen molar-refractivity contribution >= 4 is 27.3 Å². The van der Waals surface area contributed by atoms with Crippen molar-refractivity contribution in [2.24, 2.45) is 5.41 Å². The van der Waals surface area contributed by atoms with Gasteiger partial charge >= 0.3 is 0 Å². The number of benzene rings is 1.